The predicted octanol–water partition coefficient (Wildman–Crippen LogP) is 3.70. The molecule has 0 saturated heterocycles. The zero-order chi connectivity index (χ0) is 17.3. The third-order valence-corrected chi connectivity index (χ3v) is 3.35. The van der Waals surface area contributed by atoms with E-state index >= 15 is 0 Å². The molecule has 0 atom stereocenters. The number of amides is 1. The predicted molar refractivity (Wildman–Crippen MR) is 85.9 cm³/mol. The Morgan fingerprint density at radius 3 is 1.68 bits per heavy atom. The molecule has 0 aliphatic carbocycles. The minimum atomic E-state index is -0.998. The average molecular weight is 307 g/mol. The standard InChI is InChI=1S/C17H25NO4/c1-16(2,3)11-8-10(14(19)20)9-12(17(4,5)6)13(11)22-15(21)18-7/h8-9H,1-7H3,(H,18,21)(H,19,20). The number of carboxylic acid groups (broad SMARTS) is 1. The lowest BCUT2D eigenvalue weighted by molar-refractivity contribution is 0.0696. The number of carbonyl (C=O) groups excluding carboxylic acids is 1. The van der Waals surface area contributed by atoms with Crippen LogP contribution in [0.2, 0.25) is 0 Å². The maximum Gasteiger partial charge on any atom is 0.412 e. The summed E-state index contributed by atoms with van der Waals surface area (Å²) in [7, 11) is 1.49. The van der Waals surface area contributed by atoms with Gasteiger partial charge in [-0.25, -0.2) is 9.59 Å². The molecule has 5 heteroatoms. The van der Waals surface area contributed by atoms with Crippen molar-refractivity contribution in [1.29, 1.82) is 0 Å². The van der Waals surface area contributed by atoms with E-state index in [4.69, 9.17) is 4.74 Å². The molecule has 1 aromatic carbocycles. The van der Waals surface area contributed by atoms with Gasteiger partial charge in [-0.15, -0.1) is 0 Å². The number of aromatic carboxylic acids is 1. The van der Waals surface area contributed by atoms with Crippen molar-refractivity contribution in [1.82, 2.24) is 5.32 Å². The third-order valence-electron chi connectivity index (χ3n) is 3.35. The molecule has 5 nitrogen and oxygen atoms in total. The number of ether oxygens (including phenoxy) is 1. The number of benzene rings is 1. The van der Waals surface area contributed by atoms with Crippen LogP contribution in [-0.2, 0) is 10.8 Å². The van der Waals surface area contributed by atoms with Crippen LogP contribution in [0.3, 0.4) is 0 Å². The van der Waals surface area contributed by atoms with E-state index in [9.17, 15) is 14.7 Å². The quantitative estimate of drug-likeness (QED) is 0.873. The molecule has 1 aromatic rings. The Labute approximate surface area is 131 Å². The lowest BCUT2D eigenvalue weighted by Crippen LogP contribution is -2.27. The third kappa shape index (κ3) is 4.00. The second-order valence-corrected chi connectivity index (χ2v) is 7.35. The van der Waals surface area contributed by atoms with Crippen LogP contribution in [0.15, 0.2) is 12.1 Å². The molecule has 0 unspecified atom stereocenters. The Morgan fingerprint density at radius 1 is 1.00 bits per heavy atom. The van der Waals surface area contributed by atoms with Crippen molar-refractivity contribution in [3.63, 3.8) is 0 Å². The molecule has 1 amide bonds. The van der Waals surface area contributed by atoms with Gasteiger partial charge in [0.25, 0.3) is 0 Å². The zero-order valence-corrected chi connectivity index (χ0v) is 14.3. The van der Waals surface area contributed by atoms with Gasteiger partial charge in [0.05, 0.1) is 5.56 Å². The second-order valence-electron chi connectivity index (χ2n) is 7.35. The summed E-state index contributed by atoms with van der Waals surface area (Å²) in [6.07, 6.45) is -0.570. The summed E-state index contributed by atoms with van der Waals surface area (Å²) >= 11 is 0. The fourth-order valence-electron chi connectivity index (χ4n) is 2.12. The van der Waals surface area contributed by atoms with Crippen LogP contribution in [0.5, 0.6) is 5.75 Å². The van der Waals surface area contributed by atoms with Crippen molar-refractivity contribution in [2.75, 3.05) is 7.05 Å². The van der Waals surface area contributed by atoms with Crippen LogP contribution in [0.4, 0.5) is 4.79 Å². The van der Waals surface area contributed by atoms with E-state index in [1.54, 1.807) is 12.1 Å². The minimum absolute atomic E-state index is 0.194. The number of carbonyl (C=O) groups is 2. The van der Waals surface area contributed by atoms with Crippen molar-refractivity contribution in [2.24, 2.45) is 0 Å². The van der Waals surface area contributed by atoms with Gasteiger partial charge in [0, 0.05) is 18.2 Å². The second kappa shape index (κ2) is 5.99. The first-order valence-electron chi connectivity index (χ1n) is 7.19. The van der Waals surface area contributed by atoms with Crippen LogP contribution in [0, 0.1) is 0 Å². The molecule has 0 saturated carbocycles. The van der Waals surface area contributed by atoms with Gasteiger partial charge in [-0.2, -0.15) is 0 Å². The normalized spacial score (nSPS) is 12.0. The van der Waals surface area contributed by atoms with Crippen molar-refractivity contribution in [3.05, 3.63) is 28.8 Å². The summed E-state index contributed by atoms with van der Waals surface area (Å²) in [4.78, 5) is 23.1. The molecule has 2 N–H and O–H groups in total. The van der Waals surface area contributed by atoms with E-state index in [0.29, 0.717) is 16.9 Å². The number of hydrogen-bond donors (Lipinski definition) is 2. The van der Waals surface area contributed by atoms with Crippen molar-refractivity contribution < 1.29 is 19.4 Å². The molecule has 0 aliphatic heterocycles. The number of hydrogen-bond acceptors (Lipinski definition) is 3. The van der Waals surface area contributed by atoms with Gasteiger partial charge in [0.15, 0.2) is 0 Å². The van der Waals surface area contributed by atoms with E-state index in [0.717, 1.165) is 0 Å². The topological polar surface area (TPSA) is 75.6 Å². The van der Waals surface area contributed by atoms with Crippen molar-refractivity contribution in [2.45, 2.75) is 52.4 Å². The van der Waals surface area contributed by atoms with Gasteiger partial charge >= 0.3 is 12.1 Å². The minimum Gasteiger partial charge on any atom is -0.478 e. The van der Waals surface area contributed by atoms with E-state index in [1.165, 1.54) is 7.05 Å². The molecule has 22 heavy (non-hydrogen) atoms. The lowest BCUT2D eigenvalue weighted by Gasteiger charge is -2.29. The Bertz CT molecular complexity index is 557. The Balaban J connectivity index is 3.74. The molecular formula is C17H25NO4. The van der Waals surface area contributed by atoms with Gasteiger partial charge in [0.1, 0.15) is 5.75 Å². The number of carboxylic acids is 1. The highest BCUT2D eigenvalue weighted by molar-refractivity contribution is 5.89. The van der Waals surface area contributed by atoms with Crippen molar-refractivity contribution >= 4 is 12.1 Å². The zero-order valence-electron chi connectivity index (χ0n) is 14.3. The summed E-state index contributed by atoms with van der Waals surface area (Å²) in [5, 5.41) is 11.8. The Kier molecular flexibility index (Phi) is 4.90. The maximum absolute atomic E-state index is 11.7. The fraction of sp³-hybridized carbons (Fsp3) is 0.529. The van der Waals surface area contributed by atoms with Gasteiger partial charge in [0.2, 0.25) is 0 Å². The van der Waals surface area contributed by atoms with Gasteiger partial charge < -0.3 is 15.2 Å². The molecule has 0 spiro atoms. The molecule has 122 valence electrons. The van der Waals surface area contributed by atoms with E-state index in [2.05, 4.69) is 5.32 Å². The largest absolute Gasteiger partial charge is 0.478 e. The number of rotatable bonds is 2. The highest BCUT2D eigenvalue weighted by Crippen LogP contribution is 2.40. The van der Waals surface area contributed by atoms with E-state index in [-0.39, 0.29) is 16.4 Å². The first-order valence-corrected chi connectivity index (χ1v) is 7.19. The Hall–Kier alpha value is -2.04. The van der Waals surface area contributed by atoms with Crippen LogP contribution in [0.25, 0.3) is 0 Å². The van der Waals surface area contributed by atoms with Gasteiger partial charge in [-0.05, 0) is 23.0 Å². The van der Waals surface area contributed by atoms with E-state index < -0.39 is 12.1 Å². The molecule has 0 bridgehead atoms. The van der Waals surface area contributed by atoms with Gasteiger partial charge in [-0.3, -0.25) is 0 Å². The molecule has 1 rings (SSSR count). The Morgan fingerprint density at radius 2 is 1.41 bits per heavy atom. The molecular weight excluding hydrogens is 282 g/mol. The highest BCUT2D eigenvalue weighted by Gasteiger charge is 2.30. The highest BCUT2D eigenvalue weighted by atomic mass is 16.6. The summed E-state index contributed by atoms with van der Waals surface area (Å²) in [5.74, 6) is -0.563. The first-order chi connectivity index (χ1) is 9.87. The molecule has 0 radical (unpaired) electrons. The van der Waals surface area contributed by atoms with Crippen LogP contribution < -0.4 is 10.1 Å². The van der Waals surface area contributed by atoms with E-state index in [1.807, 2.05) is 41.5 Å². The lowest BCUT2D eigenvalue weighted by atomic mass is 9.78. The maximum atomic E-state index is 11.7. The van der Waals surface area contributed by atoms with Crippen LogP contribution >= 0.6 is 0 Å². The smallest absolute Gasteiger partial charge is 0.412 e. The summed E-state index contributed by atoms with van der Waals surface area (Å²) in [6, 6.07) is 3.16. The van der Waals surface area contributed by atoms with Crippen LogP contribution in [-0.4, -0.2) is 24.2 Å². The van der Waals surface area contributed by atoms with Gasteiger partial charge in [-0.1, -0.05) is 41.5 Å². The molecule has 0 fully saturated rings. The van der Waals surface area contributed by atoms with Crippen LogP contribution in [0.1, 0.15) is 63.0 Å². The summed E-state index contributed by atoms with van der Waals surface area (Å²) in [6.45, 7) is 11.7. The summed E-state index contributed by atoms with van der Waals surface area (Å²) in [5.41, 5.74) is 0.852. The SMILES string of the molecule is CNC(=O)Oc1c(C(C)(C)C)cc(C(=O)O)cc1C(C)(C)C. The summed E-state index contributed by atoms with van der Waals surface area (Å²) < 4.78 is 5.47. The van der Waals surface area contributed by atoms with Crippen molar-refractivity contribution in [3.8, 4) is 5.75 Å². The average Bonchev–Trinajstić information content (AvgIpc) is 2.35. The first kappa shape index (κ1) is 18.0. The monoisotopic (exact) mass is 307 g/mol. The molecule has 0 aromatic heterocycles. The fourth-order valence-corrected chi connectivity index (χ4v) is 2.12. The molecule has 0 aliphatic rings. The number of nitrogens with one attached hydrogen (secondary N) is 1. The molecule has 0 heterocycles.